The van der Waals surface area contributed by atoms with Crippen molar-refractivity contribution >= 4 is 38.6 Å². The van der Waals surface area contributed by atoms with Crippen LogP contribution in [0.1, 0.15) is 0 Å². The number of halogens is 2. The first-order chi connectivity index (χ1) is 13.9. The molecule has 4 rings (SSSR count). The smallest absolute Gasteiger partial charge is 0.261 e. The van der Waals surface area contributed by atoms with Crippen LogP contribution >= 0.6 is 22.9 Å². The molecule has 3 aromatic carbocycles. The molecule has 4 aromatic rings. The van der Waals surface area contributed by atoms with E-state index in [0.29, 0.717) is 5.69 Å². The molecular formula is C21H14ClFN2O2S2. The van der Waals surface area contributed by atoms with Crippen LogP contribution in [-0.2, 0) is 10.0 Å². The van der Waals surface area contributed by atoms with Crippen LogP contribution in [0.15, 0.2) is 83.1 Å². The molecule has 0 unspecified atom stereocenters. The zero-order valence-corrected chi connectivity index (χ0v) is 17.2. The average Bonchev–Trinajstić information content (AvgIpc) is 3.21. The number of nitrogens with one attached hydrogen (secondary N) is 1. The zero-order chi connectivity index (χ0) is 20.4. The van der Waals surface area contributed by atoms with Crippen molar-refractivity contribution in [2.24, 2.45) is 0 Å². The summed E-state index contributed by atoms with van der Waals surface area (Å²) in [6.45, 7) is 0. The van der Waals surface area contributed by atoms with Crippen molar-refractivity contribution in [1.29, 1.82) is 0 Å². The molecule has 0 radical (unpaired) electrons. The van der Waals surface area contributed by atoms with E-state index in [1.165, 1.54) is 17.4 Å². The molecule has 4 nitrogen and oxygen atoms in total. The normalized spacial score (nSPS) is 11.4. The highest BCUT2D eigenvalue weighted by molar-refractivity contribution is 7.92. The molecule has 0 bridgehead atoms. The van der Waals surface area contributed by atoms with Gasteiger partial charge < -0.3 is 0 Å². The summed E-state index contributed by atoms with van der Waals surface area (Å²) in [7, 11) is -3.91. The first-order valence-corrected chi connectivity index (χ1v) is 11.3. The Labute approximate surface area is 176 Å². The molecule has 146 valence electrons. The highest BCUT2D eigenvalue weighted by Crippen LogP contribution is 2.30. The number of sulfonamides is 1. The minimum atomic E-state index is -3.91. The third-order valence-electron chi connectivity index (χ3n) is 4.14. The van der Waals surface area contributed by atoms with Gasteiger partial charge in [0.1, 0.15) is 10.8 Å². The van der Waals surface area contributed by atoms with Crippen LogP contribution in [0.25, 0.3) is 21.8 Å². The Morgan fingerprint density at radius 3 is 2.45 bits per heavy atom. The Bertz CT molecular complexity index is 1270. The summed E-state index contributed by atoms with van der Waals surface area (Å²) in [5.74, 6) is -0.676. The number of hydrogen-bond acceptors (Lipinski definition) is 4. The second-order valence-corrected chi connectivity index (χ2v) is 9.11. The lowest BCUT2D eigenvalue weighted by Gasteiger charge is -2.09. The van der Waals surface area contributed by atoms with E-state index in [1.807, 2.05) is 41.8 Å². The maximum Gasteiger partial charge on any atom is 0.261 e. The first-order valence-electron chi connectivity index (χ1n) is 8.52. The summed E-state index contributed by atoms with van der Waals surface area (Å²) in [4.78, 5) is 4.53. The number of thiazole rings is 1. The molecule has 1 heterocycles. The summed E-state index contributed by atoms with van der Waals surface area (Å²) in [5.41, 5.74) is 2.92. The van der Waals surface area contributed by atoms with Crippen molar-refractivity contribution in [3.05, 3.63) is 89.0 Å². The molecule has 1 aromatic heterocycles. The lowest BCUT2D eigenvalue weighted by atomic mass is 10.1. The fourth-order valence-corrected chi connectivity index (χ4v) is 4.88. The summed E-state index contributed by atoms with van der Waals surface area (Å²) in [6.07, 6.45) is 0. The van der Waals surface area contributed by atoms with Gasteiger partial charge in [-0.25, -0.2) is 17.8 Å². The highest BCUT2D eigenvalue weighted by atomic mass is 35.5. The van der Waals surface area contributed by atoms with Gasteiger partial charge in [-0.2, -0.15) is 0 Å². The molecular weight excluding hydrogens is 431 g/mol. The molecule has 1 N–H and O–H groups in total. The number of aromatic nitrogens is 1. The summed E-state index contributed by atoms with van der Waals surface area (Å²) < 4.78 is 41.0. The van der Waals surface area contributed by atoms with Gasteiger partial charge in [-0.1, -0.05) is 54.1 Å². The van der Waals surface area contributed by atoms with E-state index in [9.17, 15) is 12.8 Å². The van der Waals surface area contributed by atoms with Gasteiger partial charge in [-0.15, -0.1) is 11.3 Å². The van der Waals surface area contributed by atoms with Gasteiger partial charge in [0.15, 0.2) is 0 Å². The van der Waals surface area contributed by atoms with Gasteiger partial charge >= 0.3 is 0 Å². The summed E-state index contributed by atoms with van der Waals surface area (Å²) in [5, 5.41) is 2.56. The molecule has 0 aliphatic carbocycles. The number of hydrogen-bond donors (Lipinski definition) is 1. The topological polar surface area (TPSA) is 59.1 Å². The Kier molecular flexibility index (Phi) is 5.36. The molecule has 0 fully saturated rings. The molecule has 29 heavy (non-hydrogen) atoms. The van der Waals surface area contributed by atoms with Gasteiger partial charge in [0.05, 0.1) is 15.6 Å². The number of nitrogens with zero attached hydrogens (tertiary/aromatic N) is 1. The molecule has 0 atom stereocenters. The summed E-state index contributed by atoms with van der Waals surface area (Å²) >= 11 is 7.22. The second-order valence-electron chi connectivity index (χ2n) is 6.17. The third kappa shape index (κ3) is 4.32. The second kappa shape index (κ2) is 7.94. The van der Waals surface area contributed by atoms with Crippen molar-refractivity contribution < 1.29 is 12.8 Å². The fourth-order valence-electron chi connectivity index (χ4n) is 2.72. The molecule has 0 saturated carbocycles. The van der Waals surface area contributed by atoms with Crippen molar-refractivity contribution in [2.75, 3.05) is 4.72 Å². The maximum atomic E-state index is 13.3. The number of benzene rings is 3. The van der Waals surface area contributed by atoms with Gasteiger partial charge in [0.25, 0.3) is 10.0 Å². The van der Waals surface area contributed by atoms with Gasteiger partial charge in [-0.05, 0) is 30.3 Å². The van der Waals surface area contributed by atoms with Crippen LogP contribution in [0, 0.1) is 5.82 Å². The lowest BCUT2D eigenvalue weighted by molar-refractivity contribution is 0.599. The Balaban J connectivity index is 1.61. The molecule has 0 aliphatic heterocycles. The van der Waals surface area contributed by atoms with Gasteiger partial charge in [0.2, 0.25) is 0 Å². The largest absolute Gasteiger partial charge is 0.280 e. The number of rotatable bonds is 5. The van der Waals surface area contributed by atoms with Crippen LogP contribution in [-0.4, -0.2) is 13.4 Å². The molecule has 8 heteroatoms. The van der Waals surface area contributed by atoms with E-state index in [-0.39, 0.29) is 9.92 Å². The van der Waals surface area contributed by atoms with E-state index in [1.54, 1.807) is 18.2 Å². The van der Waals surface area contributed by atoms with E-state index >= 15 is 0 Å². The fraction of sp³-hybridized carbons (Fsp3) is 0. The summed E-state index contributed by atoms with van der Waals surface area (Å²) in [6, 6.07) is 20.0. The van der Waals surface area contributed by atoms with E-state index < -0.39 is 15.8 Å². The Morgan fingerprint density at radius 1 is 0.931 bits per heavy atom. The molecule has 0 saturated heterocycles. The maximum absolute atomic E-state index is 13.3. The standard InChI is InChI=1S/C21H14ClFN2O2S2/c22-18-12-17(9-10-19(18)23)29(26,27)25-16-8-4-7-15(11-16)20-13-28-21(24-20)14-5-2-1-3-6-14/h1-13,25H. The molecule has 0 aliphatic rings. The minimum absolute atomic E-state index is 0.116. The van der Waals surface area contributed by atoms with Crippen molar-refractivity contribution in [3.63, 3.8) is 0 Å². The van der Waals surface area contributed by atoms with E-state index in [0.717, 1.165) is 34.0 Å². The monoisotopic (exact) mass is 444 g/mol. The van der Waals surface area contributed by atoms with E-state index in [4.69, 9.17) is 11.6 Å². The van der Waals surface area contributed by atoms with Crippen LogP contribution in [0.4, 0.5) is 10.1 Å². The lowest BCUT2D eigenvalue weighted by Crippen LogP contribution is -2.13. The van der Waals surface area contributed by atoms with E-state index in [2.05, 4.69) is 9.71 Å². The number of anilines is 1. The third-order valence-corrected chi connectivity index (χ3v) is 6.70. The first kappa shape index (κ1) is 19.6. The van der Waals surface area contributed by atoms with Gasteiger partial charge in [-0.3, -0.25) is 4.72 Å². The Morgan fingerprint density at radius 2 is 1.69 bits per heavy atom. The predicted octanol–water partition coefficient (Wildman–Crippen LogP) is 6.07. The molecule has 0 spiro atoms. The van der Waals surface area contributed by atoms with Crippen LogP contribution in [0.5, 0.6) is 0 Å². The molecule has 0 amide bonds. The zero-order valence-electron chi connectivity index (χ0n) is 14.8. The van der Waals surface area contributed by atoms with Crippen molar-refractivity contribution in [2.45, 2.75) is 4.90 Å². The quantitative estimate of drug-likeness (QED) is 0.406. The van der Waals surface area contributed by atoms with Crippen molar-refractivity contribution in [1.82, 2.24) is 4.98 Å². The highest BCUT2D eigenvalue weighted by Gasteiger charge is 2.17. The average molecular weight is 445 g/mol. The van der Waals surface area contributed by atoms with Crippen LogP contribution in [0.3, 0.4) is 0 Å². The van der Waals surface area contributed by atoms with Crippen LogP contribution < -0.4 is 4.72 Å². The van der Waals surface area contributed by atoms with Gasteiger partial charge in [0, 0.05) is 22.2 Å². The van der Waals surface area contributed by atoms with Crippen LogP contribution in [0.2, 0.25) is 5.02 Å². The van der Waals surface area contributed by atoms with Crippen molar-refractivity contribution in [3.8, 4) is 21.8 Å². The Hall–Kier alpha value is -2.74. The minimum Gasteiger partial charge on any atom is -0.280 e. The SMILES string of the molecule is O=S(=O)(Nc1cccc(-c2csc(-c3ccccc3)n2)c1)c1ccc(F)c(Cl)c1. The predicted molar refractivity (Wildman–Crippen MR) is 115 cm³/mol.